The Kier molecular flexibility index (Phi) is 7.77. The first-order valence-electron chi connectivity index (χ1n) is 9.03. The smallest absolute Gasteiger partial charge is 0.213 e. The van der Waals surface area contributed by atoms with Crippen LogP contribution in [0.4, 0.5) is 0 Å². The fraction of sp³-hybridized carbons (Fsp3) is 0.938. The number of aliphatic imine (C=N–C) groups is 1. The molecule has 1 unspecified atom stereocenters. The zero-order chi connectivity index (χ0) is 17.4. The molecule has 0 amide bonds. The maximum absolute atomic E-state index is 12.0. The molecule has 0 aromatic carbocycles. The minimum Gasteiger partial charge on any atom is -0.384 e. The normalized spacial score (nSPS) is 22.7. The first-order valence-corrected chi connectivity index (χ1v) is 10.7. The molecule has 2 rings (SSSR count). The number of likely N-dealkylation sites (tertiary alicyclic amines) is 1. The van der Waals surface area contributed by atoms with Crippen LogP contribution in [-0.2, 0) is 14.8 Å². The van der Waals surface area contributed by atoms with E-state index in [9.17, 15) is 8.42 Å². The Hall–Kier alpha value is -0.860. The minimum absolute atomic E-state index is 0.0456. The van der Waals surface area contributed by atoms with Gasteiger partial charge in [-0.05, 0) is 32.1 Å². The predicted octanol–water partition coefficient (Wildman–Crippen LogP) is 0.640. The summed E-state index contributed by atoms with van der Waals surface area (Å²) in [5.74, 6) is 1.91. The summed E-state index contributed by atoms with van der Waals surface area (Å²) < 4.78 is 32.0. The molecule has 24 heavy (non-hydrogen) atoms. The molecule has 1 saturated heterocycles. The van der Waals surface area contributed by atoms with Gasteiger partial charge in [0.15, 0.2) is 5.96 Å². The van der Waals surface area contributed by atoms with Crippen molar-refractivity contribution in [1.82, 2.24) is 14.9 Å². The minimum atomic E-state index is -3.23. The van der Waals surface area contributed by atoms with Gasteiger partial charge in [-0.1, -0.05) is 6.42 Å². The van der Waals surface area contributed by atoms with Crippen LogP contribution in [0.5, 0.6) is 0 Å². The van der Waals surface area contributed by atoms with Gasteiger partial charge in [0, 0.05) is 39.2 Å². The van der Waals surface area contributed by atoms with E-state index in [1.165, 1.54) is 6.42 Å². The molecule has 2 aliphatic rings. The molecule has 0 aromatic rings. The van der Waals surface area contributed by atoms with Crippen LogP contribution in [0.15, 0.2) is 4.99 Å². The summed E-state index contributed by atoms with van der Waals surface area (Å²) in [4.78, 5) is 6.70. The molecule has 1 atom stereocenters. The van der Waals surface area contributed by atoms with Crippen LogP contribution < -0.4 is 10.0 Å². The van der Waals surface area contributed by atoms with Gasteiger partial charge in [0.1, 0.15) is 0 Å². The highest BCUT2D eigenvalue weighted by Gasteiger charge is 2.25. The van der Waals surface area contributed by atoms with Gasteiger partial charge in [-0.3, -0.25) is 4.99 Å². The Morgan fingerprint density at radius 1 is 1.29 bits per heavy atom. The average Bonchev–Trinajstić information content (AvgIpc) is 2.93. The molecule has 0 radical (unpaired) electrons. The van der Waals surface area contributed by atoms with Gasteiger partial charge in [-0.15, -0.1) is 0 Å². The number of hydrogen-bond acceptors (Lipinski definition) is 4. The van der Waals surface area contributed by atoms with Gasteiger partial charge < -0.3 is 15.0 Å². The lowest BCUT2D eigenvalue weighted by atomic mass is 9.86. The van der Waals surface area contributed by atoms with E-state index < -0.39 is 10.0 Å². The Bertz CT molecular complexity index is 505. The quantitative estimate of drug-likeness (QED) is 0.466. The highest BCUT2D eigenvalue weighted by molar-refractivity contribution is 7.89. The Morgan fingerprint density at radius 2 is 2.08 bits per heavy atom. The number of ether oxygens (including phenoxy) is 1. The van der Waals surface area contributed by atoms with Crippen molar-refractivity contribution in [1.29, 1.82) is 0 Å². The monoisotopic (exact) mass is 360 g/mol. The molecule has 1 heterocycles. The van der Waals surface area contributed by atoms with Crippen molar-refractivity contribution in [2.24, 2.45) is 16.8 Å². The van der Waals surface area contributed by atoms with E-state index in [4.69, 9.17) is 4.74 Å². The Morgan fingerprint density at radius 3 is 2.71 bits per heavy atom. The second kappa shape index (κ2) is 9.58. The summed E-state index contributed by atoms with van der Waals surface area (Å²) in [6.07, 6.45) is 4.59. The van der Waals surface area contributed by atoms with E-state index in [1.807, 2.05) is 6.92 Å². The molecule has 0 spiro atoms. The Balaban J connectivity index is 1.79. The number of hydrogen-bond donors (Lipinski definition) is 2. The standard InChI is InChI=1S/C16H32N4O3S/c1-3-17-16(20-9-7-15(12-20)13-23-2)18-8-10-24(21,22)19-11-14-5-4-6-14/h14-15,19H,3-13H2,1-2H3,(H,17,18). The number of rotatable bonds is 9. The largest absolute Gasteiger partial charge is 0.384 e. The van der Waals surface area contributed by atoms with E-state index in [0.29, 0.717) is 18.4 Å². The lowest BCUT2D eigenvalue weighted by Gasteiger charge is -2.25. The van der Waals surface area contributed by atoms with Crippen molar-refractivity contribution in [2.75, 3.05) is 52.2 Å². The Labute approximate surface area is 146 Å². The summed E-state index contributed by atoms with van der Waals surface area (Å²) in [5, 5.41) is 3.26. The van der Waals surface area contributed by atoms with Gasteiger partial charge in [0.2, 0.25) is 10.0 Å². The predicted molar refractivity (Wildman–Crippen MR) is 96.7 cm³/mol. The van der Waals surface area contributed by atoms with Crippen LogP contribution >= 0.6 is 0 Å². The second-order valence-electron chi connectivity index (χ2n) is 6.76. The molecule has 140 valence electrons. The fourth-order valence-electron chi connectivity index (χ4n) is 3.11. The summed E-state index contributed by atoms with van der Waals surface area (Å²) in [6.45, 7) is 6.27. The third-order valence-electron chi connectivity index (χ3n) is 4.76. The zero-order valence-corrected chi connectivity index (χ0v) is 15.8. The van der Waals surface area contributed by atoms with Crippen molar-refractivity contribution >= 4 is 16.0 Å². The maximum Gasteiger partial charge on any atom is 0.213 e. The van der Waals surface area contributed by atoms with E-state index in [1.54, 1.807) is 7.11 Å². The van der Waals surface area contributed by atoms with Crippen molar-refractivity contribution in [3.8, 4) is 0 Å². The molecule has 2 fully saturated rings. The van der Waals surface area contributed by atoms with Gasteiger partial charge in [-0.25, -0.2) is 13.1 Å². The number of methoxy groups -OCH3 is 1. The molecule has 7 nitrogen and oxygen atoms in total. The number of sulfonamides is 1. The third kappa shape index (κ3) is 6.22. The lowest BCUT2D eigenvalue weighted by molar-refractivity contribution is 0.157. The van der Waals surface area contributed by atoms with Gasteiger partial charge >= 0.3 is 0 Å². The van der Waals surface area contributed by atoms with Crippen LogP contribution in [-0.4, -0.2) is 71.5 Å². The van der Waals surface area contributed by atoms with E-state index in [2.05, 4.69) is 19.9 Å². The van der Waals surface area contributed by atoms with Gasteiger partial charge in [0.25, 0.3) is 0 Å². The highest BCUT2D eigenvalue weighted by atomic mass is 32.2. The molecular weight excluding hydrogens is 328 g/mol. The van der Waals surface area contributed by atoms with E-state index in [-0.39, 0.29) is 12.3 Å². The topological polar surface area (TPSA) is 83.0 Å². The van der Waals surface area contributed by atoms with E-state index in [0.717, 1.165) is 51.5 Å². The summed E-state index contributed by atoms with van der Waals surface area (Å²) >= 11 is 0. The van der Waals surface area contributed by atoms with Gasteiger partial charge in [0.05, 0.1) is 18.9 Å². The number of guanidine groups is 1. The molecule has 1 aliphatic carbocycles. The van der Waals surface area contributed by atoms with Crippen molar-refractivity contribution in [3.05, 3.63) is 0 Å². The number of nitrogens with zero attached hydrogens (tertiary/aromatic N) is 2. The van der Waals surface area contributed by atoms with Crippen LogP contribution in [0.3, 0.4) is 0 Å². The zero-order valence-electron chi connectivity index (χ0n) is 15.0. The molecule has 2 N–H and O–H groups in total. The summed E-state index contributed by atoms with van der Waals surface area (Å²) in [7, 11) is -1.50. The molecule has 0 bridgehead atoms. The molecular formula is C16H32N4O3S. The fourth-order valence-corrected chi connectivity index (χ4v) is 4.07. The number of nitrogens with one attached hydrogen (secondary N) is 2. The van der Waals surface area contributed by atoms with Crippen LogP contribution in [0, 0.1) is 11.8 Å². The molecule has 0 aromatic heterocycles. The highest BCUT2D eigenvalue weighted by Crippen LogP contribution is 2.25. The molecule has 1 aliphatic heterocycles. The SMILES string of the molecule is CCNC(=NCCS(=O)(=O)NCC1CCC1)N1CCC(COC)C1. The lowest BCUT2D eigenvalue weighted by Crippen LogP contribution is -2.41. The molecule has 8 heteroatoms. The van der Waals surface area contributed by atoms with Crippen molar-refractivity contribution in [2.45, 2.75) is 32.6 Å². The van der Waals surface area contributed by atoms with Crippen LogP contribution in [0.2, 0.25) is 0 Å². The first kappa shape index (κ1) is 19.5. The van der Waals surface area contributed by atoms with Gasteiger partial charge in [-0.2, -0.15) is 0 Å². The average molecular weight is 361 g/mol. The maximum atomic E-state index is 12.0. The van der Waals surface area contributed by atoms with Crippen LogP contribution in [0.1, 0.15) is 32.6 Å². The second-order valence-corrected chi connectivity index (χ2v) is 8.68. The third-order valence-corrected chi connectivity index (χ3v) is 6.09. The summed E-state index contributed by atoms with van der Waals surface area (Å²) in [6, 6.07) is 0. The van der Waals surface area contributed by atoms with Crippen LogP contribution in [0.25, 0.3) is 0 Å². The molecule has 1 saturated carbocycles. The summed E-state index contributed by atoms with van der Waals surface area (Å²) in [5.41, 5.74) is 0. The van der Waals surface area contributed by atoms with Crippen molar-refractivity contribution in [3.63, 3.8) is 0 Å². The first-order chi connectivity index (χ1) is 11.5. The van der Waals surface area contributed by atoms with Crippen molar-refractivity contribution < 1.29 is 13.2 Å². The van der Waals surface area contributed by atoms with E-state index >= 15 is 0 Å².